The fourth-order valence-corrected chi connectivity index (χ4v) is 4.72. The molecule has 0 aliphatic carbocycles. The van der Waals surface area contributed by atoms with Crippen LogP contribution >= 0.6 is 23.1 Å². The van der Waals surface area contributed by atoms with Gasteiger partial charge in [0.2, 0.25) is 5.91 Å². The van der Waals surface area contributed by atoms with E-state index in [0.29, 0.717) is 6.54 Å². The summed E-state index contributed by atoms with van der Waals surface area (Å²) >= 11 is 7.45. The molecule has 1 fully saturated rings. The van der Waals surface area contributed by atoms with Gasteiger partial charge in [0.1, 0.15) is 0 Å². The van der Waals surface area contributed by atoms with Crippen LogP contribution in [-0.4, -0.2) is 58.5 Å². The lowest BCUT2D eigenvalue weighted by Crippen LogP contribution is -2.38. The molecule has 156 valence electrons. The molecule has 0 spiro atoms. The van der Waals surface area contributed by atoms with E-state index in [-0.39, 0.29) is 17.7 Å². The lowest BCUT2D eigenvalue weighted by molar-refractivity contribution is -0.130. The predicted octanol–water partition coefficient (Wildman–Crippen LogP) is 4.08. The van der Waals surface area contributed by atoms with Crippen molar-refractivity contribution in [3.63, 3.8) is 0 Å². The van der Waals surface area contributed by atoms with Crippen LogP contribution in [0.5, 0.6) is 0 Å². The van der Waals surface area contributed by atoms with Crippen LogP contribution in [0.1, 0.15) is 28.7 Å². The van der Waals surface area contributed by atoms with Crippen molar-refractivity contribution in [1.29, 1.82) is 0 Å². The second kappa shape index (κ2) is 9.69. The quantitative estimate of drug-likeness (QED) is 0.555. The van der Waals surface area contributed by atoms with Gasteiger partial charge in [-0.25, -0.2) is 0 Å². The third-order valence-electron chi connectivity index (χ3n) is 5.81. The number of hydrogen-bond acceptors (Lipinski definition) is 5. The molecule has 0 N–H and O–H groups in total. The summed E-state index contributed by atoms with van der Waals surface area (Å²) in [5, 5.41) is 7.07. The van der Waals surface area contributed by atoms with Gasteiger partial charge < -0.3 is 4.90 Å². The molecule has 0 radical (unpaired) electrons. The van der Waals surface area contributed by atoms with Crippen molar-refractivity contribution in [3.8, 4) is 0 Å². The summed E-state index contributed by atoms with van der Waals surface area (Å²) in [7, 11) is 1.89. The highest BCUT2D eigenvalue weighted by Crippen LogP contribution is 2.39. The number of aromatic nitrogens is 2. The van der Waals surface area contributed by atoms with E-state index in [0.717, 1.165) is 36.8 Å². The lowest BCUT2D eigenvalue weighted by atomic mass is 9.87. The van der Waals surface area contributed by atoms with Crippen LogP contribution in [0.25, 0.3) is 0 Å². The van der Waals surface area contributed by atoms with Gasteiger partial charge in [-0.2, -0.15) is 0 Å². The summed E-state index contributed by atoms with van der Waals surface area (Å²) in [6.45, 7) is 2.76. The van der Waals surface area contributed by atoms with Crippen LogP contribution in [0, 0.1) is 0 Å². The molecule has 2 heterocycles. The predicted molar refractivity (Wildman–Crippen MR) is 121 cm³/mol. The van der Waals surface area contributed by atoms with Crippen molar-refractivity contribution in [2.75, 3.05) is 33.2 Å². The Morgan fingerprint density at radius 3 is 2.57 bits per heavy atom. The highest BCUT2D eigenvalue weighted by molar-refractivity contribution is 7.03. The Morgan fingerprint density at radius 1 is 1.13 bits per heavy atom. The number of carbonyl (C=O) groups is 1. The number of amides is 1. The molecule has 1 aliphatic rings. The normalized spacial score (nSPS) is 19.1. The van der Waals surface area contributed by atoms with Gasteiger partial charge in [-0.05, 0) is 41.2 Å². The maximum atomic E-state index is 12.8. The molecule has 0 bridgehead atoms. The summed E-state index contributed by atoms with van der Waals surface area (Å²) in [4.78, 5) is 16.9. The summed E-state index contributed by atoms with van der Waals surface area (Å²) in [6, 6.07) is 18.3. The molecule has 2 atom stereocenters. The molecule has 3 aromatic rings. The fourth-order valence-electron chi connectivity index (χ4n) is 4.07. The fraction of sp³-hybridized carbons (Fsp3) is 0.348. The molecule has 1 saturated heterocycles. The zero-order valence-electron chi connectivity index (χ0n) is 16.9. The van der Waals surface area contributed by atoms with E-state index >= 15 is 0 Å². The summed E-state index contributed by atoms with van der Waals surface area (Å²) in [5.74, 6) is 0.652. The third-order valence-corrected chi connectivity index (χ3v) is 6.59. The van der Waals surface area contributed by atoms with E-state index in [1.54, 1.807) is 0 Å². The number of nitrogens with zero attached hydrogens (tertiary/aromatic N) is 4. The minimum atomic E-state index is 0.151. The van der Waals surface area contributed by atoms with Gasteiger partial charge in [0.25, 0.3) is 0 Å². The van der Waals surface area contributed by atoms with Gasteiger partial charge >= 0.3 is 0 Å². The molecule has 1 amide bonds. The second-order valence-electron chi connectivity index (χ2n) is 7.84. The largest absolute Gasteiger partial charge is 0.344 e. The smallest absolute Gasteiger partial charge is 0.236 e. The van der Waals surface area contributed by atoms with Gasteiger partial charge in [0.15, 0.2) is 0 Å². The highest BCUT2D eigenvalue weighted by Gasteiger charge is 2.37. The number of likely N-dealkylation sites (N-methyl/N-ethyl adjacent to an activating group) is 1. The minimum absolute atomic E-state index is 0.151. The Kier molecular flexibility index (Phi) is 6.77. The lowest BCUT2D eigenvalue weighted by Gasteiger charge is -2.21. The molecule has 2 aromatic carbocycles. The van der Waals surface area contributed by atoms with Crippen molar-refractivity contribution >= 4 is 29.0 Å². The van der Waals surface area contributed by atoms with Gasteiger partial charge in [0, 0.05) is 48.9 Å². The van der Waals surface area contributed by atoms with E-state index in [9.17, 15) is 4.79 Å². The zero-order valence-corrected chi connectivity index (χ0v) is 18.5. The monoisotopic (exact) mass is 440 g/mol. The topological polar surface area (TPSA) is 49.3 Å². The molecule has 30 heavy (non-hydrogen) atoms. The first kappa shape index (κ1) is 21.0. The second-order valence-corrected chi connectivity index (χ2v) is 8.89. The average Bonchev–Trinajstić information content (AvgIpc) is 3.43. The van der Waals surface area contributed by atoms with E-state index in [1.165, 1.54) is 22.7 Å². The van der Waals surface area contributed by atoms with Crippen LogP contribution in [0.3, 0.4) is 0 Å². The first-order valence-corrected chi connectivity index (χ1v) is 11.3. The molecule has 1 aliphatic heterocycles. The van der Waals surface area contributed by atoms with Crippen molar-refractivity contribution in [2.24, 2.45) is 0 Å². The van der Waals surface area contributed by atoms with Gasteiger partial charge in [-0.15, -0.1) is 5.10 Å². The summed E-state index contributed by atoms with van der Waals surface area (Å²) < 4.78 is 4.05. The Bertz CT molecular complexity index is 949. The Hall–Kier alpha value is -2.28. The SMILES string of the molecule is CN(CCc1ccccc1)C(=O)CN1C[C@@H](c2ccc(Cl)cc2)[C@H](c2csnn2)C1. The van der Waals surface area contributed by atoms with E-state index < -0.39 is 0 Å². The molecule has 5 nitrogen and oxygen atoms in total. The van der Waals surface area contributed by atoms with Crippen LogP contribution in [-0.2, 0) is 11.2 Å². The maximum absolute atomic E-state index is 12.8. The van der Waals surface area contributed by atoms with Gasteiger partial charge in [0.05, 0.1) is 12.2 Å². The van der Waals surface area contributed by atoms with E-state index in [4.69, 9.17) is 11.6 Å². The molecular formula is C23H25ClN4OS. The minimum Gasteiger partial charge on any atom is -0.344 e. The third kappa shape index (κ3) is 5.06. The number of halogens is 1. The Labute approximate surface area is 186 Å². The van der Waals surface area contributed by atoms with Crippen molar-refractivity contribution in [1.82, 2.24) is 19.4 Å². The summed E-state index contributed by atoms with van der Waals surface area (Å²) in [5.41, 5.74) is 3.48. The Morgan fingerprint density at radius 2 is 1.87 bits per heavy atom. The van der Waals surface area contributed by atoms with Gasteiger partial charge in [-0.1, -0.05) is 58.6 Å². The Balaban J connectivity index is 1.40. The van der Waals surface area contributed by atoms with Crippen LogP contribution < -0.4 is 0 Å². The molecule has 7 heteroatoms. The first-order chi connectivity index (χ1) is 14.6. The number of benzene rings is 2. The van der Waals surface area contributed by atoms with Gasteiger partial charge in [-0.3, -0.25) is 9.69 Å². The van der Waals surface area contributed by atoms with Crippen molar-refractivity contribution < 1.29 is 4.79 Å². The molecular weight excluding hydrogens is 416 g/mol. The van der Waals surface area contributed by atoms with Crippen molar-refractivity contribution in [3.05, 3.63) is 81.8 Å². The molecule has 4 rings (SSSR count). The standard InChI is InChI=1S/C23H25ClN4OS/c1-27(12-11-17-5-3-2-4-6-17)23(29)15-28-13-20(18-7-9-19(24)10-8-18)21(14-28)22-16-30-26-25-22/h2-10,16,20-21H,11-15H2,1H3/t20-,21+/m0/s1. The number of hydrogen-bond donors (Lipinski definition) is 0. The van der Waals surface area contributed by atoms with E-state index in [1.807, 2.05) is 47.7 Å². The van der Waals surface area contributed by atoms with Crippen LogP contribution in [0.4, 0.5) is 0 Å². The number of rotatable bonds is 7. The first-order valence-electron chi connectivity index (χ1n) is 10.1. The molecule has 0 unspecified atom stereocenters. The number of likely N-dealkylation sites (tertiary alicyclic amines) is 1. The molecule has 1 aromatic heterocycles. The zero-order chi connectivity index (χ0) is 20.9. The average molecular weight is 441 g/mol. The summed E-state index contributed by atoms with van der Waals surface area (Å²) in [6.07, 6.45) is 0.865. The maximum Gasteiger partial charge on any atom is 0.236 e. The highest BCUT2D eigenvalue weighted by atomic mass is 35.5. The van der Waals surface area contributed by atoms with Crippen LogP contribution in [0.2, 0.25) is 5.02 Å². The molecule has 0 saturated carbocycles. The van der Waals surface area contributed by atoms with Crippen molar-refractivity contribution in [2.45, 2.75) is 18.3 Å². The van der Waals surface area contributed by atoms with E-state index in [2.05, 4.69) is 38.8 Å². The van der Waals surface area contributed by atoms with Crippen LogP contribution in [0.15, 0.2) is 60.0 Å². The number of carbonyl (C=O) groups excluding carboxylic acids is 1.